The van der Waals surface area contributed by atoms with Gasteiger partial charge in [0.15, 0.2) is 5.96 Å². The lowest BCUT2D eigenvalue weighted by Gasteiger charge is -2.01. The first kappa shape index (κ1) is 9.68. The molecule has 0 spiro atoms. The minimum atomic E-state index is 0.345. The van der Waals surface area contributed by atoms with E-state index in [9.17, 15) is 0 Å². The number of hydrogen-bond donors (Lipinski definition) is 2. The zero-order chi connectivity index (χ0) is 8.69. The average Bonchev–Trinajstić information content (AvgIpc) is 2.00. The van der Waals surface area contributed by atoms with Crippen LogP contribution in [0.3, 0.4) is 0 Å². The third-order valence-corrected chi connectivity index (χ3v) is 0.959. The molecule has 11 heavy (non-hydrogen) atoms. The van der Waals surface area contributed by atoms with Gasteiger partial charge in [-0.15, -0.1) is 0 Å². The molecular weight excluding hydrogens is 140 g/mol. The van der Waals surface area contributed by atoms with E-state index in [2.05, 4.69) is 21.9 Å². The van der Waals surface area contributed by atoms with Crippen LogP contribution in [0.4, 0.5) is 0 Å². The first-order chi connectivity index (χ1) is 5.20. The summed E-state index contributed by atoms with van der Waals surface area (Å²) in [6.45, 7) is 6.34. The zero-order valence-corrected chi connectivity index (χ0v) is 6.96. The van der Waals surface area contributed by atoms with Crippen molar-refractivity contribution in [2.45, 2.75) is 6.92 Å². The number of guanidine groups is 1. The molecule has 0 amide bonds. The maximum Gasteiger partial charge on any atom is 0.192 e. The monoisotopic (exact) mass is 154 g/mol. The third kappa shape index (κ3) is 5.14. The molecule has 0 unspecified atom stereocenters. The molecule has 0 rings (SSSR count). The van der Waals surface area contributed by atoms with Crippen LogP contribution in [0.1, 0.15) is 6.92 Å². The normalized spacial score (nSPS) is 12.0. The quantitative estimate of drug-likeness (QED) is 0.448. The van der Waals surface area contributed by atoms with E-state index in [4.69, 9.17) is 5.73 Å². The Hall–Kier alpha value is -1.32. The van der Waals surface area contributed by atoms with Gasteiger partial charge < -0.3 is 11.1 Å². The Morgan fingerprint density at radius 2 is 2.36 bits per heavy atom. The molecule has 0 aliphatic carbocycles. The summed E-state index contributed by atoms with van der Waals surface area (Å²) in [5, 5.41) is 2.75. The Bertz CT molecular complexity index is 181. The second-order valence-corrected chi connectivity index (χ2v) is 1.89. The Morgan fingerprint density at radius 1 is 1.73 bits per heavy atom. The Kier molecular flexibility index (Phi) is 4.81. The van der Waals surface area contributed by atoms with Gasteiger partial charge in [0, 0.05) is 19.8 Å². The predicted octanol–water partition coefficient (Wildman–Crippen LogP) is 0.125. The van der Waals surface area contributed by atoms with Gasteiger partial charge in [-0.25, -0.2) is 0 Å². The molecule has 0 heterocycles. The van der Waals surface area contributed by atoms with Crippen molar-refractivity contribution in [2.75, 3.05) is 13.6 Å². The molecule has 0 saturated carbocycles. The van der Waals surface area contributed by atoms with Gasteiger partial charge >= 0.3 is 0 Å². The van der Waals surface area contributed by atoms with Crippen LogP contribution < -0.4 is 11.1 Å². The van der Waals surface area contributed by atoms with Crippen LogP contribution in [-0.2, 0) is 0 Å². The van der Waals surface area contributed by atoms with Crippen molar-refractivity contribution in [3.8, 4) is 0 Å². The highest BCUT2D eigenvalue weighted by Crippen LogP contribution is 1.77. The Balaban J connectivity index is 3.79. The lowest BCUT2D eigenvalue weighted by Crippen LogP contribution is -2.30. The van der Waals surface area contributed by atoms with Crippen LogP contribution in [0.2, 0.25) is 0 Å². The third-order valence-electron chi connectivity index (χ3n) is 0.959. The van der Waals surface area contributed by atoms with Crippen LogP contribution in [0.15, 0.2) is 22.3 Å². The number of nitrogens with zero attached hydrogens (tertiary/aromatic N) is 2. The number of rotatable bonds is 3. The largest absolute Gasteiger partial charge is 0.370 e. The van der Waals surface area contributed by atoms with E-state index in [1.807, 2.05) is 6.92 Å². The van der Waals surface area contributed by atoms with Gasteiger partial charge in [0.1, 0.15) is 0 Å². The van der Waals surface area contributed by atoms with E-state index in [-0.39, 0.29) is 0 Å². The SMILES string of the molecule is C=C(C=NCC)NC(N)=NC. The highest BCUT2D eigenvalue weighted by atomic mass is 15.1. The summed E-state index contributed by atoms with van der Waals surface area (Å²) in [6.07, 6.45) is 1.62. The fourth-order valence-electron chi connectivity index (χ4n) is 0.454. The Labute approximate surface area is 66.9 Å². The van der Waals surface area contributed by atoms with E-state index in [1.165, 1.54) is 0 Å². The van der Waals surface area contributed by atoms with Gasteiger partial charge in [-0.05, 0) is 6.92 Å². The lowest BCUT2D eigenvalue weighted by molar-refractivity contribution is 1.11. The van der Waals surface area contributed by atoms with Crippen molar-refractivity contribution in [3.63, 3.8) is 0 Å². The molecule has 3 N–H and O–H groups in total. The van der Waals surface area contributed by atoms with E-state index in [0.717, 1.165) is 6.54 Å². The fraction of sp³-hybridized carbons (Fsp3) is 0.429. The van der Waals surface area contributed by atoms with Gasteiger partial charge in [-0.2, -0.15) is 0 Å². The van der Waals surface area contributed by atoms with Gasteiger partial charge in [0.25, 0.3) is 0 Å². The van der Waals surface area contributed by atoms with Crippen LogP contribution >= 0.6 is 0 Å². The second-order valence-electron chi connectivity index (χ2n) is 1.89. The lowest BCUT2D eigenvalue weighted by atomic mass is 10.5. The summed E-state index contributed by atoms with van der Waals surface area (Å²) in [7, 11) is 1.60. The highest BCUT2D eigenvalue weighted by Gasteiger charge is 1.88. The molecule has 4 nitrogen and oxygen atoms in total. The van der Waals surface area contributed by atoms with E-state index >= 15 is 0 Å². The maximum absolute atomic E-state index is 5.36. The molecule has 0 radical (unpaired) electrons. The number of nitrogens with two attached hydrogens (primary N) is 1. The highest BCUT2D eigenvalue weighted by molar-refractivity contribution is 5.88. The van der Waals surface area contributed by atoms with Crippen LogP contribution in [0.25, 0.3) is 0 Å². The molecule has 0 bridgehead atoms. The summed E-state index contributed by atoms with van der Waals surface area (Å²) in [5.74, 6) is 0.345. The molecule has 4 heteroatoms. The van der Waals surface area contributed by atoms with Crippen molar-refractivity contribution in [2.24, 2.45) is 15.7 Å². The standard InChI is InChI=1S/C7H14N4/c1-4-10-5-6(2)11-7(8)9-3/h5H,2,4H2,1,3H3,(H3,8,9,11). The predicted molar refractivity (Wildman–Crippen MR) is 48.9 cm³/mol. The molecule has 0 aromatic heterocycles. The molecule has 0 saturated heterocycles. The van der Waals surface area contributed by atoms with Crippen molar-refractivity contribution in [1.82, 2.24) is 5.32 Å². The van der Waals surface area contributed by atoms with Crippen molar-refractivity contribution in [1.29, 1.82) is 0 Å². The maximum atomic E-state index is 5.36. The molecule has 0 aliphatic heterocycles. The summed E-state index contributed by atoms with van der Waals surface area (Å²) < 4.78 is 0. The summed E-state index contributed by atoms with van der Waals surface area (Å²) in [6, 6.07) is 0. The first-order valence-electron chi connectivity index (χ1n) is 3.38. The summed E-state index contributed by atoms with van der Waals surface area (Å²) in [4.78, 5) is 7.66. The van der Waals surface area contributed by atoms with E-state index < -0.39 is 0 Å². The molecule has 0 aliphatic rings. The number of allylic oxidation sites excluding steroid dienone is 1. The van der Waals surface area contributed by atoms with Crippen LogP contribution in [0, 0.1) is 0 Å². The van der Waals surface area contributed by atoms with Crippen molar-refractivity contribution >= 4 is 12.2 Å². The molecular formula is C7H14N4. The first-order valence-corrected chi connectivity index (χ1v) is 3.38. The van der Waals surface area contributed by atoms with E-state index in [0.29, 0.717) is 11.7 Å². The summed E-state index contributed by atoms with van der Waals surface area (Å²) >= 11 is 0. The molecule has 0 aromatic rings. The van der Waals surface area contributed by atoms with Gasteiger partial charge in [-0.3, -0.25) is 9.98 Å². The number of aliphatic imine (C=N–C) groups is 2. The molecule has 0 aromatic carbocycles. The molecule has 0 fully saturated rings. The molecule has 0 atom stereocenters. The second kappa shape index (κ2) is 5.46. The topological polar surface area (TPSA) is 62.8 Å². The summed E-state index contributed by atoms with van der Waals surface area (Å²) in [5.41, 5.74) is 6.01. The minimum absolute atomic E-state index is 0.345. The van der Waals surface area contributed by atoms with E-state index in [1.54, 1.807) is 13.3 Å². The minimum Gasteiger partial charge on any atom is -0.370 e. The van der Waals surface area contributed by atoms with Gasteiger partial charge in [-0.1, -0.05) is 6.58 Å². The Morgan fingerprint density at radius 3 is 2.82 bits per heavy atom. The number of hydrogen-bond acceptors (Lipinski definition) is 2. The van der Waals surface area contributed by atoms with Crippen LogP contribution in [0.5, 0.6) is 0 Å². The fourth-order valence-corrected chi connectivity index (χ4v) is 0.454. The van der Waals surface area contributed by atoms with Gasteiger partial charge in [0.05, 0.1) is 5.70 Å². The smallest absolute Gasteiger partial charge is 0.192 e. The average molecular weight is 154 g/mol. The van der Waals surface area contributed by atoms with Crippen molar-refractivity contribution < 1.29 is 0 Å². The zero-order valence-electron chi connectivity index (χ0n) is 6.96. The van der Waals surface area contributed by atoms with Gasteiger partial charge in [0.2, 0.25) is 0 Å². The van der Waals surface area contributed by atoms with Crippen molar-refractivity contribution in [3.05, 3.63) is 12.3 Å². The molecule has 62 valence electrons. The van der Waals surface area contributed by atoms with Crippen LogP contribution in [-0.4, -0.2) is 25.8 Å². The number of nitrogens with one attached hydrogen (secondary N) is 1.